The van der Waals surface area contributed by atoms with E-state index in [1.54, 1.807) is 6.92 Å². The molecule has 7 nitrogen and oxygen atoms in total. The summed E-state index contributed by atoms with van der Waals surface area (Å²) in [5, 5.41) is 27.9. The van der Waals surface area contributed by atoms with Crippen molar-refractivity contribution in [1.29, 1.82) is 0 Å². The van der Waals surface area contributed by atoms with Crippen molar-refractivity contribution in [2.45, 2.75) is 25.5 Å². The third kappa shape index (κ3) is 3.39. The maximum absolute atomic E-state index is 12.1. The highest BCUT2D eigenvalue weighted by Gasteiger charge is 2.24. The number of nitrogens with zero attached hydrogens (tertiary/aromatic N) is 3. The topological polar surface area (TPSA) is 91.5 Å². The van der Waals surface area contributed by atoms with Gasteiger partial charge in [0.15, 0.2) is 11.5 Å². The number of aliphatic hydroxyl groups is 1. The lowest BCUT2D eigenvalue weighted by Gasteiger charge is -2.23. The first-order valence-corrected chi connectivity index (χ1v) is 8.51. The Morgan fingerprint density at radius 3 is 3.00 bits per heavy atom. The first-order valence-electron chi connectivity index (χ1n) is 7.56. The molecule has 0 bridgehead atoms. The van der Waals surface area contributed by atoms with E-state index < -0.39 is 5.60 Å². The standard InChI is InChI=1S/C16H19N5O2S/c1-11(14-20-19-13-5-3-4-7-21(13)14)18-15(22)17-10-16(2,23)12-6-8-24-9-12/h3-9,11,23H,10H2,1-2H3,(H2,17,18,22). The van der Waals surface area contributed by atoms with Gasteiger partial charge in [-0.25, -0.2) is 4.79 Å². The Labute approximate surface area is 143 Å². The van der Waals surface area contributed by atoms with Crippen LogP contribution in [0.3, 0.4) is 0 Å². The monoisotopic (exact) mass is 345 g/mol. The second kappa shape index (κ2) is 6.58. The number of urea groups is 1. The van der Waals surface area contributed by atoms with Gasteiger partial charge in [-0.1, -0.05) is 6.07 Å². The van der Waals surface area contributed by atoms with E-state index in [1.165, 1.54) is 11.3 Å². The summed E-state index contributed by atoms with van der Waals surface area (Å²) in [5.41, 5.74) is 0.397. The van der Waals surface area contributed by atoms with Crippen LogP contribution in [0.5, 0.6) is 0 Å². The Morgan fingerprint density at radius 1 is 1.42 bits per heavy atom. The Balaban J connectivity index is 1.60. The van der Waals surface area contributed by atoms with Crippen molar-refractivity contribution < 1.29 is 9.90 Å². The zero-order valence-corrected chi connectivity index (χ0v) is 14.2. The second-order valence-corrected chi connectivity index (χ2v) is 6.60. The van der Waals surface area contributed by atoms with Gasteiger partial charge < -0.3 is 15.7 Å². The molecule has 24 heavy (non-hydrogen) atoms. The highest BCUT2D eigenvalue weighted by molar-refractivity contribution is 7.08. The predicted molar refractivity (Wildman–Crippen MR) is 91.8 cm³/mol. The van der Waals surface area contributed by atoms with Crippen LogP contribution in [0.4, 0.5) is 4.79 Å². The summed E-state index contributed by atoms with van der Waals surface area (Å²) in [6.07, 6.45) is 1.85. The number of fused-ring (bicyclic) bond motifs is 1. The van der Waals surface area contributed by atoms with Gasteiger partial charge in [-0.15, -0.1) is 10.2 Å². The van der Waals surface area contributed by atoms with Crippen LogP contribution in [0.2, 0.25) is 0 Å². The van der Waals surface area contributed by atoms with E-state index >= 15 is 0 Å². The minimum atomic E-state index is -1.11. The lowest BCUT2D eigenvalue weighted by Crippen LogP contribution is -2.44. The summed E-state index contributed by atoms with van der Waals surface area (Å²) in [6.45, 7) is 3.62. The Bertz CT molecular complexity index is 828. The summed E-state index contributed by atoms with van der Waals surface area (Å²) in [4.78, 5) is 12.1. The minimum absolute atomic E-state index is 0.114. The van der Waals surface area contributed by atoms with Crippen molar-refractivity contribution in [3.63, 3.8) is 0 Å². The normalized spacial score (nSPS) is 15.0. The second-order valence-electron chi connectivity index (χ2n) is 5.82. The molecule has 3 rings (SSSR count). The summed E-state index contributed by atoms with van der Waals surface area (Å²) in [6, 6.07) is 6.76. The highest BCUT2D eigenvalue weighted by Crippen LogP contribution is 2.22. The molecule has 2 unspecified atom stereocenters. The fraction of sp³-hybridized carbons (Fsp3) is 0.312. The maximum atomic E-state index is 12.1. The van der Waals surface area contributed by atoms with Crippen LogP contribution in [0.25, 0.3) is 5.65 Å². The molecule has 2 atom stereocenters. The van der Waals surface area contributed by atoms with Gasteiger partial charge in [-0.05, 0) is 48.4 Å². The van der Waals surface area contributed by atoms with Crippen molar-refractivity contribution in [3.05, 3.63) is 52.6 Å². The van der Waals surface area contributed by atoms with Crippen LogP contribution in [0.1, 0.15) is 31.3 Å². The van der Waals surface area contributed by atoms with Gasteiger partial charge in [-0.3, -0.25) is 4.40 Å². The molecule has 126 valence electrons. The zero-order valence-electron chi connectivity index (χ0n) is 13.4. The molecule has 3 N–H and O–H groups in total. The molecular weight excluding hydrogens is 326 g/mol. The fourth-order valence-electron chi connectivity index (χ4n) is 2.39. The molecule has 0 saturated carbocycles. The molecule has 8 heteroatoms. The van der Waals surface area contributed by atoms with Crippen molar-refractivity contribution >= 4 is 23.0 Å². The lowest BCUT2D eigenvalue weighted by molar-refractivity contribution is 0.0597. The fourth-order valence-corrected chi connectivity index (χ4v) is 3.18. The number of hydrogen-bond donors (Lipinski definition) is 3. The molecule has 0 spiro atoms. The minimum Gasteiger partial charge on any atom is -0.384 e. The smallest absolute Gasteiger partial charge is 0.315 e. The molecule has 0 aliphatic rings. The van der Waals surface area contributed by atoms with Gasteiger partial charge in [0.05, 0.1) is 12.6 Å². The Hall–Kier alpha value is -2.45. The van der Waals surface area contributed by atoms with Gasteiger partial charge in [0.25, 0.3) is 0 Å². The number of carbonyl (C=O) groups excluding carboxylic acids is 1. The number of thiophene rings is 1. The molecule has 0 aromatic carbocycles. The summed E-state index contributed by atoms with van der Waals surface area (Å²) in [7, 11) is 0. The maximum Gasteiger partial charge on any atom is 0.315 e. The van der Waals surface area contributed by atoms with Crippen LogP contribution in [0.15, 0.2) is 41.2 Å². The van der Waals surface area contributed by atoms with Crippen LogP contribution >= 0.6 is 11.3 Å². The molecular formula is C16H19N5O2S. The number of pyridine rings is 1. The van der Waals surface area contributed by atoms with Gasteiger partial charge in [-0.2, -0.15) is 11.3 Å². The Kier molecular flexibility index (Phi) is 4.50. The van der Waals surface area contributed by atoms with E-state index in [2.05, 4.69) is 20.8 Å². The first kappa shape index (κ1) is 16.4. The largest absolute Gasteiger partial charge is 0.384 e. The van der Waals surface area contributed by atoms with Crippen LogP contribution in [-0.4, -0.2) is 32.3 Å². The molecule has 0 aliphatic carbocycles. The van der Waals surface area contributed by atoms with E-state index in [1.807, 2.05) is 52.5 Å². The van der Waals surface area contributed by atoms with E-state index in [9.17, 15) is 9.90 Å². The third-order valence-electron chi connectivity index (χ3n) is 3.81. The SMILES string of the molecule is CC(NC(=O)NCC(C)(O)c1ccsc1)c1nnc2ccccn12. The molecule has 0 saturated heterocycles. The number of hydrogen-bond acceptors (Lipinski definition) is 5. The van der Waals surface area contributed by atoms with Crippen molar-refractivity contribution in [3.8, 4) is 0 Å². The quantitative estimate of drug-likeness (QED) is 0.660. The molecule has 3 aromatic heterocycles. The molecule has 3 heterocycles. The summed E-state index contributed by atoms with van der Waals surface area (Å²) in [5.74, 6) is 0.644. The van der Waals surface area contributed by atoms with Gasteiger partial charge in [0.1, 0.15) is 5.60 Å². The summed E-state index contributed by atoms with van der Waals surface area (Å²) >= 11 is 1.50. The third-order valence-corrected chi connectivity index (χ3v) is 4.49. The van der Waals surface area contributed by atoms with Crippen molar-refractivity contribution in [1.82, 2.24) is 25.2 Å². The number of carbonyl (C=O) groups is 1. The number of aromatic nitrogens is 3. The van der Waals surface area contributed by atoms with Crippen LogP contribution in [-0.2, 0) is 5.60 Å². The van der Waals surface area contributed by atoms with Crippen molar-refractivity contribution in [2.75, 3.05) is 6.54 Å². The first-order chi connectivity index (χ1) is 11.5. The van der Waals surface area contributed by atoms with E-state index in [4.69, 9.17) is 0 Å². The molecule has 0 fully saturated rings. The van der Waals surface area contributed by atoms with Crippen LogP contribution < -0.4 is 10.6 Å². The molecule has 0 aliphatic heterocycles. The van der Waals surface area contributed by atoms with Crippen LogP contribution in [0, 0.1) is 0 Å². The Morgan fingerprint density at radius 2 is 2.25 bits per heavy atom. The molecule has 3 aromatic rings. The van der Waals surface area contributed by atoms with E-state index in [0.29, 0.717) is 5.82 Å². The van der Waals surface area contributed by atoms with Gasteiger partial charge >= 0.3 is 6.03 Å². The molecule has 0 radical (unpaired) electrons. The average molecular weight is 345 g/mol. The van der Waals surface area contributed by atoms with Gasteiger partial charge in [0.2, 0.25) is 0 Å². The van der Waals surface area contributed by atoms with Gasteiger partial charge in [0, 0.05) is 6.20 Å². The average Bonchev–Trinajstić information content (AvgIpc) is 3.22. The zero-order chi connectivity index (χ0) is 17.2. The molecule has 2 amide bonds. The summed E-state index contributed by atoms with van der Waals surface area (Å²) < 4.78 is 1.83. The highest BCUT2D eigenvalue weighted by atomic mass is 32.1. The lowest BCUT2D eigenvalue weighted by atomic mass is 9.99. The number of rotatable bonds is 5. The van der Waals surface area contributed by atoms with Crippen molar-refractivity contribution in [2.24, 2.45) is 0 Å². The van der Waals surface area contributed by atoms with E-state index in [-0.39, 0.29) is 18.6 Å². The predicted octanol–water partition coefficient (Wildman–Crippen LogP) is 2.06. The number of amides is 2. The number of nitrogens with one attached hydrogen (secondary N) is 2. The van der Waals surface area contributed by atoms with E-state index in [0.717, 1.165) is 11.2 Å².